The van der Waals surface area contributed by atoms with Crippen LogP contribution in [0.2, 0.25) is 10.0 Å². The Balaban J connectivity index is 0.00000676. The van der Waals surface area contributed by atoms with Gasteiger partial charge >= 0.3 is 0 Å². The topological polar surface area (TPSA) is 35.2 Å². The van der Waals surface area contributed by atoms with Crippen molar-refractivity contribution < 1.29 is 4.74 Å². The van der Waals surface area contributed by atoms with Crippen molar-refractivity contribution in [3.63, 3.8) is 0 Å². The molecule has 158 valence electrons. The highest BCUT2D eigenvalue weighted by Gasteiger charge is 2.06. The molecular weight excluding hydrogens is 401 g/mol. The fraction of sp³-hybridized carbons (Fsp3) is 0.727. The zero-order valence-corrected chi connectivity index (χ0v) is 19.2. The third-order valence-corrected chi connectivity index (χ3v) is 5.43. The third-order valence-electron chi connectivity index (χ3n) is 4.81. The molecule has 1 aromatic carbocycles. The van der Waals surface area contributed by atoms with Gasteiger partial charge in [0.1, 0.15) is 5.75 Å². The molecule has 5 heteroatoms. The largest absolute Gasteiger partial charge is 0.492 e. The van der Waals surface area contributed by atoms with Crippen LogP contribution in [0.3, 0.4) is 0 Å². The second-order valence-electron chi connectivity index (χ2n) is 7.25. The maximum absolute atomic E-state index is 6.10. The standard InChI is InChI=1S/C22H37Cl2NO.ClH/c1-2-3-4-5-6-7-8-9-10-11-12-13-14-15-16-26-22-18-21(25)19(23)17-20(22)24;/h17-18H,2-16,25H2,1H3;1H. The van der Waals surface area contributed by atoms with Gasteiger partial charge in [0.15, 0.2) is 0 Å². The Labute approximate surface area is 182 Å². The van der Waals surface area contributed by atoms with E-state index in [0.717, 1.165) is 6.42 Å². The third kappa shape index (κ3) is 13.5. The predicted molar refractivity (Wildman–Crippen MR) is 124 cm³/mol. The number of nitrogen functional groups attached to an aromatic ring is 1. The van der Waals surface area contributed by atoms with Crippen LogP contribution in [0.15, 0.2) is 12.1 Å². The van der Waals surface area contributed by atoms with Crippen molar-refractivity contribution in [2.75, 3.05) is 12.3 Å². The van der Waals surface area contributed by atoms with Crippen molar-refractivity contribution in [3.8, 4) is 5.75 Å². The van der Waals surface area contributed by atoms with Crippen LogP contribution in [0.5, 0.6) is 5.75 Å². The van der Waals surface area contributed by atoms with Crippen LogP contribution >= 0.6 is 35.6 Å². The molecule has 0 saturated carbocycles. The molecule has 0 aromatic heterocycles. The van der Waals surface area contributed by atoms with Gasteiger partial charge in [0.2, 0.25) is 0 Å². The molecular formula is C22H38Cl3NO. The maximum Gasteiger partial charge on any atom is 0.140 e. The van der Waals surface area contributed by atoms with Crippen LogP contribution in [0, 0.1) is 0 Å². The molecule has 0 bridgehead atoms. The number of rotatable bonds is 16. The number of halogens is 3. The van der Waals surface area contributed by atoms with Gasteiger partial charge in [-0.1, -0.05) is 114 Å². The highest BCUT2D eigenvalue weighted by molar-refractivity contribution is 6.37. The van der Waals surface area contributed by atoms with Crippen molar-refractivity contribution >= 4 is 41.3 Å². The van der Waals surface area contributed by atoms with Crippen LogP contribution in [0.25, 0.3) is 0 Å². The summed E-state index contributed by atoms with van der Waals surface area (Å²) in [5.41, 5.74) is 6.28. The summed E-state index contributed by atoms with van der Waals surface area (Å²) < 4.78 is 5.71. The van der Waals surface area contributed by atoms with Crippen molar-refractivity contribution in [2.24, 2.45) is 0 Å². The molecule has 1 aromatic rings. The van der Waals surface area contributed by atoms with E-state index in [9.17, 15) is 0 Å². The van der Waals surface area contributed by atoms with Gasteiger partial charge in [-0.25, -0.2) is 0 Å². The zero-order chi connectivity index (χ0) is 19.0. The Bertz CT molecular complexity index is 483. The Morgan fingerprint density at radius 2 is 1.15 bits per heavy atom. The number of unbranched alkanes of at least 4 members (excludes halogenated alkanes) is 13. The van der Waals surface area contributed by atoms with Gasteiger partial charge in [0, 0.05) is 6.07 Å². The summed E-state index contributed by atoms with van der Waals surface area (Å²) in [4.78, 5) is 0. The zero-order valence-electron chi connectivity index (χ0n) is 16.9. The first kappa shape index (κ1) is 26.7. The van der Waals surface area contributed by atoms with Gasteiger partial charge < -0.3 is 10.5 Å². The van der Waals surface area contributed by atoms with Crippen LogP contribution in [-0.4, -0.2) is 6.61 Å². The predicted octanol–water partition coefficient (Wildman–Crippen LogP) is 8.86. The van der Waals surface area contributed by atoms with E-state index in [1.54, 1.807) is 12.1 Å². The van der Waals surface area contributed by atoms with Crippen molar-refractivity contribution in [2.45, 2.75) is 96.8 Å². The minimum absolute atomic E-state index is 0. The fourth-order valence-electron chi connectivity index (χ4n) is 3.13. The lowest BCUT2D eigenvalue weighted by atomic mass is 10.0. The van der Waals surface area contributed by atoms with Crippen molar-refractivity contribution in [1.82, 2.24) is 0 Å². The SMILES string of the molecule is CCCCCCCCCCCCCCCCOc1cc(N)c(Cl)cc1Cl.Cl. The maximum atomic E-state index is 6.10. The number of nitrogens with two attached hydrogens (primary N) is 1. The van der Waals surface area contributed by atoms with E-state index < -0.39 is 0 Å². The minimum atomic E-state index is 0. The molecule has 0 radical (unpaired) electrons. The summed E-state index contributed by atoms with van der Waals surface area (Å²) in [6, 6.07) is 3.34. The normalized spacial score (nSPS) is 10.6. The monoisotopic (exact) mass is 437 g/mol. The number of anilines is 1. The first-order valence-electron chi connectivity index (χ1n) is 10.5. The molecule has 2 nitrogen and oxygen atoms in total. The van der Waals surface area contributed by atoms with E-state index in [4.69, 9.17) is 33.7 Å². The van der Waals surface area contributed by atoms with Gasteiger partial charge in [-0.05, 0) is 12.5 Å². The van der Waals surface area contributed by atoms with E-state index in [1.165, 1.54) is 83.5 Å². The van der Waals surface area contributed by atoms with Gasteiger partial charge in [-0.15, -0.1) is 12.4 Å². The number of ether oxygens (including phenoxy) is 1. The number of hydrogen-bond donors (Lipinski definition) is 1. The average Bonchev–Trinajstić information content (AvgIpc) is 2.62. The summed E-state index contributed by atoms with van der Waals surface area (Å²) in [5.74, 6) is 0.628. The van der Waals surface area contributed by atoms with Gasteiger partial charge in [-0.3, -0.25) is 0 Å². The first-order chi connectivity index (χ1) is 12.6. The lowest BCUT2D eigenvalue weighted by Gasteiger charge is -2.09. The van der Waals surface area contributed by atoms with Gasteiger partial charge in [0.05, 0.1) is 22.3 Å². The Morgan fingerprint density at radius 1 is 0.704 bits per heavy atom. The van der Waals surface area contributed by atoms with E-state index in [1.807, 2.05) is 0 Å². The highest BCUT2D eigenvalue weighted by atomic mass is 35.5. The smallest absolute Gasteiger partial charge is 0.140 e. The molecule has 0 unspecified atom stereocenters. The first-order valence-corrected chi connectivity index (χ1v) is 11.3. The van der Waals surface area contributed by atoms with Crippen LogP contribution in [0.4, 0.5) is 5.69 Å². The Hall–Kier alpha value is -0.310. The summed E-state index contributed by atoms with van der Waals surface area (Å²) in [6.45, 7) is 2.96. The minimum Gasteiger partial charge on any atom is -0.492 e. The number of hydrogen-bond acceptors (Lipinski definition) is 2. The molecule has 0 fully saturated rings. The molecule has 2 N–H and O–H groups in total. The summed E-state index contributed by atoms with van der Waals surface area (Å²) in [6.07, 6.45) is 19.0. The molecule has 0 aliphatic heterocycles. The van der Waals surface area contributed by atoms with E-state index in [-0.39, 0.29) is 12.4 Å². The highest BCUT2D eigenvalue weighted by Crippen LogP contribution is 2.32. The van der Waals surface area contributed by atoms with Crippen molar-refractivity contribution in [1.29, 1.82) is 0 Å². The van der Waals surface area contributed by atoms with Crippen LogP contribution in [0.1, 0.15) is 96.8 Å². The lowest BCUT2D eigenvalue weighted by molar-refractivity contribution is 0.304. The van der Waals surface area contributed by atoms with Crippen molar-refractivity contribution in [3.05, 3.63) is 22.2 Å². The summed E-state index contributed by atoms with van der Waals surface area (Å²) in [5, 5.41) is 0.994. The molecule has 0 atom stereocenters. The molecule has 0 aliphatic rings. The second-order valence-corrected chi connectivity index (χ2v) is 8.06. The van der Waals surface area contributed by atoms with E-state index in [2.05, 4.69) is 6.92 Å². The summed E-state index contributed by atoms with van der Waals surface area (Å²) in [7, 11) is 0. The van der Waals surface area contributed by atoms with Crippen LogP contribution < -0.4 is 10.5 Å². The van der Waals surface area contributed by atoms with E-state index >= 15 is 0 Å². The second kappa shape index (κ2) is 17.8. The molecule has 27 heavy (non-hydrogen) atoms. The fourth-order valence-corrected chi connectivity index (χ4v) is 3.57. The van der Waals surface area contributed by atoms with Gasteiger partial charge in [0.25, 0.3) is 0 Å². The Kier molecular flexibility index (Phi) is 17.6. The van der Waals surface area contributed by atoms with Gasteiger partial charge in [-0.2, -0.15) is 0 Å². The molecule has 1 rings (SSSR count). The quantitative estimate of drug-likeness (QED) is 0.206. The molecule has 0 aliphatic carbocycles. The number of benzene rings is 1. The average molecular weight is 439 g/mol. The molecule has 0 saturated heterocycles. The Morgan fingerprint density at radius 3 is 1.63 bits per heavy atom. The molecule has 0 amide bonds. The lowest BCUT2D eigenvalue weighted by Crippen LogP contribution is -1.99. The van der Waals surface area contributed by atoms with Crippen LogP contribution in [-0.2, 0) is 0 Å². The van der Waals surface area contributed by atoms with E-state index in [0.29, 0.717) is 28.1 Å². The summed E-state index contributed by atoms with van der Waals surface area (Å²) >= 11 is 12.0. The molecule has 0 spiro atoms. The molecule has 0 heterocycles.